The Labute approximate surface area is 205 Å². The number of rotatable bonds is 5. The van der Waals surface area contributed by atoms with E-state index in [0.717, 1.165) is 0 Å². The van der Waals surface area contributed by atoms with Gasteiger partial charge < -0.3 is 25.8 Å². The highest BCUT2D eigenvalue weighted by Gasteiger charge is 2.58. The Bertz CT molecular complexity index is 1430. The third kappa shape index (κ3) is 4.25. The Morgan fingerprint density at radius 1 is 1.31 bits per heavy atom. The zero-order valence-corrected chi connectivity index (χ0v) is 18.5. The molecule has 4 heterocycles. The number of anilines is 1. The van der Waals surface area contributed by atoms with Crippen molar-refractivity contribution >= 4 is 23.1 Å². The molecule has 1 unspecified atom stereocenters. The maximum Gasteiger partial charge on any atom is 0.426 e. The van der Waals surface area contributed by atoms with Crippen molar-refractivity contribution in [2.75, 3.05) is 25.9 Å². The Morgan fingerprint density at radius 3 is 2.75 bits per heavy atom. The second-order valence-electron chi connectivity index (χ2n) is 8.22. The smallest absolute Gasteiger partial charge is 0.426 e. The molecule has 4 rings (SSSR count). The number of nitrogens with zero attached hydrogens (tertiary/aromatic N) is 5. The number of hydrogen-bond acceptors (Lipinski definition) is 8. The number of nitrogens with one attached hydrogen (secondary N) is 1. The molecule has 1 aliphatic rings. The first-order valence-electron chi connectivity index (χ1n) is 11.8. The summed E-state index contributed by atoms with van der Waals surface area (Å²) in [6.45, 7) is -1.28. The summed E-state index contributed by atoms with van der Waals surface area (Å²) in [6, 6.07) is 2.87. The van der Waals surface area contributed by atoms with Gasteiger partial charge in [0.2, 0.25) is 11.5 Å². The van der Waals surface area contributed by atoms with Crippen LogP contribution in [0.4, 0.5) is 23.4 Å². The van der Waals surface area contributed by atoms with E-state index in [1.165, 1.54) is 23.1 Å². The molecule has 15 heteroatoms. The van der Waals surface area contributed by atoms with Crippen molar-refractivity contribution in [1.29, 1.82) is 0 Å². The molecule has 3 aromatic heterocycles. The van der Waals surface area contributed by atoms with E-state index < -0.39 is 67.4 Å². The van der Waals surface area contributed by atoms with Gasteiger partial charge in [-0.3, -0.25) is 9.59 Å². The predicted molar refractivity (Wildman–Crippen MR) is 117 cm³/mol. The third-order valence-corrected chi connectivity index (χ3v) is 5.79. The second-order valence-corrected chi connectivity index (χ2v) is 8.22. The van der Waals surface area contributed by atoms with E-state index in [-0.39, 0.29) is 18.3 Å². The highest BCUT2D eigenvalue weighted by molar-refractivity contribution is 5.98. The molecule has 0 spiro atoms. The summed E-state index contributed by atoms with van der Waals surface area (Å²) in [5.41, 5.74) is 2.66. The highest BCUT2D eigenvalue weighted by Crippen LogP contribution is 2.33. The SMILES string of the molecule is [2H]C([2H])([2H])Oc1ncc(-c2ccc3c(N)ncnn23)cc1C(=O)N[C@@H]1CN(C(=O)C(C)(O)C(F)(F)F)C[C@@H]1F. The summed E-state index contributed by atoms with van der Waals surface area (Å²) >= 11 is 0. The number of fused-ring (bicyclic) bond motifs is 1. The first-order valence-corrected chi connectivity index (χ1v) is 10.3. The average molecular weight is 514 g/mol. The summed E-state index contributed by atoms with van der Waals surface area (Å²) in [5, 5.41) is 16.0. The molecular weight excluding hydrogens is 490 g/mol. The zero-order valence-electron chi connectivity index (χ0n) is 21.5. The summed E-state index contributed by atoms with van der Waals surface area (Å²) < 4.78 is 82.2. The molecule has 1 aliphatic heterocycles. The van der Waals surface area contributed by atoms with Crippen LogP contribution in [0.15, 0.2) is 30.7 Å². The van der Waals surface area contributed by atoms with Gasteiger partial charge in [0.05, 0.1) is 29.4 Å². The van der Waals surface area contributed by atoms with E-state index in [0.29, 0.717) is 16.1 Å². The number of carbonyl (C=O) groups is 2. The lowest BCUT2D eigenvalue weighted by atomic mass is 10.1. The number of likely N-dealkylation sites (tertiary alicyclic amines) is 1. The number of pyridine rings is 1. The zero-order chi connectivity index (χ0) is 28.9. The maximum absolute atomic E-state index is 14.7. The van der Waals surface area contributed by atoms with Crippen molar-refractivity contribution in [2.24, 2.45) is 0 Å². The van der Waals surface area contributed by atoms with Gasteiger partial charge in [-0.15, -0.1) is 0 Å². The van der Waals surface area contributed by atoms with E-state index in [1.807, 2.05) is 0 Å². The van der Waals surface area contributed by atoms with Gasteiger partial charge >= 0.3 is 6.18 Å². The van der Waals surface area contributed by atoms with Crippen LogP contribution in [0.5, 0.6) is 5.88 Å². The second kappa shape index (κ2) is 8.89. The van der Waals surface area contributed by atoms with Gasteiger partial charge in [0, 0.05) is 18.3 Å². The lowest BCUT2D eigenvalue weighted by Gasteiger charge is -2.29. The van der Waals surface area contributed by atoms with Gasteiger partial charge in [-0.25, -0.2) is 18.9 Å². The van der Waals surface area contributed by atoms with Crippen molar-refractivity contribution in [1.82, 2.24) is 29.8 Å². The lowest BCUT2D eigenvalue weighted by Crippen LogP contribution is -2.56. The van der Waals surface area contributed by atoms with Crippen LogP contribution in [0.2, 0.25) is 0 Å². The van der Waals surface area contributed by atoms with Crippen LogP contribution in [-0.2, 0) is 4.79 Å². The van der Waals surface area contributed by atoms with E-state index in [4.69, 9.17) is 14.6 Å². The number of nitrogen functional groups attached to an aromatic ring is 1. The fourth-order valence-corrected chi connectivity index (χ4v) is 3.75. The number of alkyl halides is 4. The maximum atomic E-state index is 14.7. The van der Waals surface area contributed by atoms with Gasteiger partial charge in [-0.2, -0.15) is 18.3 Å². The van der Waals surface area contributed by atoms with Gasteiger partial charge in [-0.05, 0) is 25.1 Å². The topological polar surface area (TPSA) is 148 Å². The summed E-state index contributed by atoms with van der Waals surface area (Å²) in [7, 11) is -3.02. The number of ether oxygens (including phenoxy) is 1. The lowest BCUT2D eigenvalue weighted by molar-refractivity contribution is -0.249. The minimum Gasteiger partial charge on any atom is -0.480 e. The number of hydrogen-bond donors (Lipinski definition) is 3. The molecule has 11 nitrogen and oxygen atoms in total. The minimum absolute atomic E-state index is 0.156. The van der Waals surface area contributed by atoms with E-state index in [2.05, 4.69) is 20.4 Å². The molecule has 3 aromatic rings. The number of aromatic nitrogens is 4. The molecule has 2 amide bonds. The first-order chi connectivity index (χ1) is 18.0. The molecule has 0 bridgehead atoms. The van der Waals surface area contributed by atoms with Gasteiger partial charge in [-0.1, -0.05) is 0 Å². The first kappa shape index (κ1) is 21.3. The largest absolute Gasteiger partial charge is 0.480 e. The fraction of sp³-hybridized carbons (Fsp3) is 0.381. The van der Waals surface area contributed by atoms with Crippen LogP contribution in [-0.4, -0.2) is 85.5 Å². The Morgan fingerprint density at radius 2 is 2.06 bits per heavy atom. The van der Waals surface area contributed by atoms with Gasteiger partial charge in [0.1, 0.15) is 23.6 Å². The Kier molecular flexibility index (Phi) is 5.26. The average Bonchev–Trinajstić information content (AvgIpc) is 3.41. The quantitative estimate of drug-likeness (QED) is 0.427. The van der Waals surface area contributed by atoms with Crippen LogP contribution in [0.3, 0.4) is 0 Å². The molecule has 36 heavy (non-hydrogen) atoms. The standard InChI is InChI=1S/C21H21F4N7O4/c1-20(35,21(23,24)25)19(34)31-7-12(22)13(8-31)30-17(33)11-5-10(6-27-18(11)36-2)14-3-4-15-16(26)28-9-29-32(14)15/h3-6,9,12-13,35H,7-8H2,1-2H3,(H,30,33)(H2,26,28,29)/t12-,13+,20?/m0/s1/i2D3. The van der Waals surface area contributed by atoms with Crippen LogP contribution in [0.25, 0.3) is 16.8 Å². The summed E-state index contributed by atoms with van der Waals surface area (Å²) in [5.74, 6) is -3.34. The van der Waals surface area contributed by atoms with Gasteiger partial charge in [0.15, 0.2) is 5.82 Å². The highest BCUT2D eigenvalue weighted by atomic mass is 19.4. The fourth-order valence-electron chi connectivity index (χ4n) is 3.75. The molecule has 0 radical (unpaired) electrons. The molecule has 192 valence electrons. The molecule has 0 aliphatic carbocycles. The number of aliphatic hydroxyl groups is 1. The van der Waals surface area contributed by atoms with Crippen molar-refractivity contribution < 1.29 is 41.1 Å². The van der Waals surface area contributed by atoms with E-state index in [1.54, 1.807) is 12.1 Å². The molecule has 3 atom stereocenters. The Balaban J connectivity index is 1.63. The molecule has 4 N–H and O–H groups in total. The van der Waals surface area contributed by atoms with E-state index >= 15 is 0 Å². The molecule has 1 saturated heterocycles. The summed E-state index contributed by atoms with van der Waals surface area (Å²) in [4.78, 5) is 33.6. The van der Waals surface area contributed by atoms with Crippen molar-refractivity contribution in [3.63, 3.8) is 0 Å². The predicted octanol–water partition coefficient (Wildman–Crippen LogP) is 0.974. The van der Waals surface area contributed by atoms with E-state index in [9.17, 15) is 32.3 Å². The van der Waals surface area contributed by atoms with Crippen LogP contribution < -0.4 is 15.8 Å². The number of amides is 2. The molecule has 1 fully saturated rings. The van der Waals surface area contributed by atoms with Crippen LogP contribution in [0, 0.1) is 0 Å². The number of methoxy groups -OCH3 is 1. The van der Waals surface area contributed by atoms with Crippen LogP contribution in [0.1, 0.15) is 21.4 Å². The number of carbonyl (C=O) groups excluding carboxylic acids is 2. The van der Waals surface area contributed by atoms with Crippen molar-refractivity contribution in [2.45, 2.75) is 30.9 Å². The summed E-state index contributed by atoms with van der Waals surface area (Å²) in [6.07, 6.45) is -4.93. The number of nitrogens with two attached hydrogens (primary N) is 1. The van der Waals surface area contributed by atoms with Crippen molar-refractivity contribution in [3.8, 4) is 17.1 Å². The molecule has 0 saturated carbocycles. The van der Waals surface area contributed by atoms with Crippen molar-refractivity contribution in [3.05, 3.63) is 36.3 Å². The monoisotopic (exact) mass is 514 g/mol. The third-order valence-electron chi connectivity index (χ3n) is 5.79. The minimum atomic E-state index is -5.32. The van der Waals surface area contributed by atoms with Crippen LogP contribution >= 0.6 is 0 Å². The van der Waals surface area contributed by atoms with Gasteiger partial charge in [0.25, 0.3) is 11.8 Å². The molecular formula is C21H21F4N7O4. The normalized spacial score (nSPS) is 21.4. The molecule has 0 aromatic carbocycles. The Hall–Kier alpha value is -4.01. The number of halogens is 4.